The lowest BCUT2D eigenvalue weighted by molar-refractivity contribution is -0.144. The molecule has 0 aromatic heterocycles. The molecule has 1 heterocycles. The summed E-state index contributed by atoms with van der Waals surface area (Å²) in [6, 6.07) is 13.7. The zero-order valence-electron chi connectivity index (χ0n) is 19.8. The first-order chi connectivity index (χ1) is 17.3. The number of hydrogen-bond acceptors (Lipinski definition) is 4. The van der Waals surface area contributed by atoms with E-state index >= 15 is 0 Å². The first-order valence-electron chi connectivity index (χ1n) is 11.2. The van der Waals surface area contributed by atoms with Crippen LogP contribution in [0.3, 0.4) is 0 Å². The van der Waals surface area contributed by atoms with Crippen molar-refractivity contribution >= 4 is 27.6 Å². The van der Waals surface area contributed by atoms with E-state index in [9.17, 15) is 36.3 Å². The zero-order chi connectivity index (χ0) is 27.1. The van der Waals surface area contributed by atoms with Gasteiger partial charge in [0.05, 0.1) is 10.5 Å². The van der Waals surface area contributed by atoms with Gasteiger partial charge in [0.15, 0.2) is 0 Å². The van der Waals surface area contributed by atoms with Crippen molar-refractivity contribution in [3.63, 3.8) is 0 Å². The summed E-state index contributed by atoms with van der Waals surface area (Å²) in [5.41, 5.74) is 1.76. The first kappa shape index (κ1) is 26.2. The second-order valence-electron chi connectivity index (χ2n) is 9.04. The highest BCUT2D eigenvalue weighted by atomic mass is 32.2. The third-order valence-corrected chi connectivity index (χ3v) is 7.52. The van der Waals surface area contributed by atoms with Crippen LogP contribution in [-0.4, -0.2) is 36.3 Å². The molecule has 11 heteroatoms. The summed E-state index contributed by atoms with van der Waals surface area (Å²) < 4.78 is 65.7. The van der Waals surface area contributed by atoms with Crippen molar-refractivity contribution in [2.45, 2.75) is 37.5 Å². The number of benzene rings is 3. The molecule has 194 valence electrons. The highest BCUT2D eigenvalue weighted by Crippen LogP contribution is 2.32. The van der Waals surface area contributed by atoms with Gasteiger partial charge in [-0.2, -0.15) is 13.2 Å². The fourth-order valence-electron chi connectivity index (χ4n) is 4.27. The highest BCUT2D eigenvalue weighted by Gasteiger charge is 2.38. The van der Waals surface area contributed by atoms with Crippen molar-refractivity contribution < 1.29 is 36.3 Å². The van der Waals surface area contributed by atoms with Crippen LogP contribution in [0.2, 0.25) is 0 Å². The van der Waals surface area contributed by atoms with Gasteiger partial charge in [-0.15, -0.1) is 0 Å². The molecular formula is C26H23F3N2O5S. The number of alkyl halides is 3. The van der Waals surface area contributed by atoms with Crippen LogP contribution in [-0.2, 0) is 27.5 Å². The Morgan fingerprint density at radius 2 is 1.57 bits per heavy atom. The van der Waals surface area contributed by atoms with Crippen LogP contribution in [0.1, 0.15) is 35.3 Å². The lowest BCUT2D eigenvalue weighted by Gasteiger charge is -2.27. The number of anilines is 1. The van der Waals surface area contributed by atoms with E-state index in [1.54, 1.807) is 44.2 Å². The van der Waals surface area contributed by atoms with Gasteiger partial charge in [-0.05, 0) is 65.1 Å². The minimum Gasteiger partial charge on any atom is -0.480 e. The molecular weight excluding hydrogens is 509 g/mol. The predicted octanol–water partition coefficient (Wildman–Crippen LogP) is 5.24. The Hall–Kier alpha value is -3.86. The van der Waals surface area contributed by atoms with E-state index in [0.29, 0.717) is 28.8 Å². The monoisotopic (exact) mass is 532 g/mol. The first-order valence-corrected chi connectivity index (χ1v) is 12.7. The molecule has 1 atom stereocenters. The van der Waals surface area contributed by atoms with E-state index in [0.717, 1.165) is 17.7 Å². The van der Waals surface area contributed by atoms with E-state index < -0.39 is 33.8 Å². The summed E-state index contributed by atoms with van der Waals surface area (Å²) in [7, 11) is -4.11. The van der Waals surface area contributed by atoms with E-state index in [4.69, 9.17) is 0 Å². The average molecular weight is 533 g/mol. The third kappa shape index (κ3) is 5.31. The molecule has 1 amide bonds. The van der Waals surface area contributed by atoms with Crippen LogP contribution in [0, 0.1) is 5.92 Å². The Kier molecular flexibility index (Phi) is 6.76. The van der Waals surface area contributed by atoms with Gasteiger partial charge in [0.1, 0.15) is 6.04 Å². The SMILES string of the molecule is CC(C)C(C(=O)O)N1Cc2ccc(-c3ccc(NS(=O)(=O)c4ccc(C(F)(F)F)cc4)cc3)cc2C1=O. The number of aliphatic carboxylic acids is 1. The Balaban J connectivity index is 1.52. The average Bonchev–Trinajstić information content (AvgIpc) is 3.13. The van der Waals surface area contributed by atoms with Crippen LogP contribution in [0.5, 0.6) is 0 Å². The topological polar surface area (TPSA) is 104 Å². The Labute approximate surface area is 211 Å². The highest BCUT2D eigenvalue weighted by molar-refractivity contribution is 7.92. The molecule has 0 aliphatic carbocycles. The number of carbonyl (C=O) groups excluding carboxylic acids is 1. The summed E-state index contributed by atoms with van der Waals surface area (Å²) in [6.45, 7) is 3.69. The third-order valence-electron chi connectivity index (χ3n) is 6.12. The van der Waals surface area contributed by atoms with Gasteiger partial charge < -0.3 is 10.0 Å². The molecule has 2 N–H and O–H groups in total. The van der Waals surface area contributed by atoms with Gasteiger partial charge >= 0.3 is 12.1 Å². The molecule has 0 spiro atoms. The predicted molar refractivity (Wildman–Crippen MR) is 130 cm³/mol. The van der Waals surface area contributed by atoms with Gasteiger partial charge in [0, 0.05) is 17.8 Å². The molecule has 0 radical (unpaired) electrons. The molecule has 0 saturated carbocycles. The van der Waals surface area contributed by atoms with Gasteiger partial charge in [-0.25, -0.2) is 13.2 Å². The molecule has 3 aromatic rings. The zero-order valence-corrected chi connectivity index (χ0v) is 20.6. The van der Waals surface area contributed by atoms with Crippen LogP contribution in [0.15, 0.2) is 71.6 Å². The second-order valence-corrected chi connectivity index (χ2v) is 10.7. The van der Waals surface area contributed by atoms with Gasteiger partial charge in [0.25, 0.3) is 15.9 Å². The maximum Gasteiger partial charge on any atom is 0.416 e. The van der Waals surface area contributed by atoms with Gasteiger partial charge in [-0.3, -0.25) is 9.52 Å². The molecule has 0 bridgehead atoms. The molecule has 0 saturated heterocycles. The fourth-order valence-corrected chi connectivity index (χ4v) is 5.33. The number of carboxylic acid groups (broad SMARTS) is 1. The van der Waals surface area contributed by atoms with Gasteiger partial charge in [-0.1, -0.05) is 38.1 Å². The molecule has 0 fully saturated rings. The van der Waals surface area contributed by atoms with Crippen LogP contribution >= 0.6 is 0 Å². The maximum absolute atomic E-state index is 13.0. The number of sulfonamides is 1. The van der Waals surface area contributed by atoms with Crippen molar-refractivity contribution in [3.05, 3.63) is 83.4 Å². The second kappa shape index (κ2) is 9.55. The Morgan fingerprint density at radius 1 is 0.973 bits per heavy atom. The fraction of sp³-hybridized carbons (Fsp3) is 0.231. The van der Waals surface area contributed by atoms with Crippen molar-refractivity contribution in [1.82, 2.24) is 4.90 Å². The standard InChI is InChI=1S/C26H23F3N2O5S/c1-15(2)23(25(33)34)31-14-18-4-3-17(13-22(18)24(31)32)16-5-9-20(10-6-16)30-37(35,36)21-11-7-19(8-12-21)26(27,28)29/h3-13,15,23,30H,14H2,1-2H3,(H,33,34). The molecule has 7 nitrogen and oxygen atoms in total. The maximum atomic E-state index is 13.0. The minimum atomic E-state index is -4.57. The van der Waals surface area contributed by atoms with E-state index in [1.807, 2.05) is 0 Å². The minimum absolute atomic E-state index is 0.202. The van der Waals surface area contributed by atoms with E-state index in [1.165, 1.54) is 17.0 Å². The lowest BCUT2D eigenvalue weighted by Crippen LogP contribution is -2.44. The largest absolute Gasteiger partial charge is 0.480 e. The number of carbonyl (C=O) groups is 2. The molecule has 3 aromatic carbocycles. The summed E-state index contributed by atoms with van der Waals surface area (Å²) in [5, 5.41) is 9.57. The van der Waals surface area contributed by atoms with Crippen molar-refractivity contribution in [2.24, 2.45) is 5.92 Å². The van der Waals surface area contributed by atoms with Crippen molar-refractivity contribution in [2.75, 3.05) is 4.72 Å². The molecule has 1 aliphatic rings. The summed E-state index contributed by atoms with van der Waals surface area (Å²) >= 11 is 0. The number of nitrogens with one attached hydrogen (secondary N) is 1. The molecule has 4 rings (SSSR count). The molecule has 1 aliphatic heterocycles. The smallest absolute Gasteiger partial charge is 0.416 e. The number of carboxylic acids is 1. The van der Waals surface area contributed by atoms with E-state index in [-0.39, 0.29) is 29.0 Å². The number of nitrogens with zero attached hydrogens (tertiary/aromatic N) is 1. The summed E-state index contributed by atoms with van der Waals surface area (Å²) in [6.07, 6.45) is -4.57. The van der Waals surface area contributed by atoms with Crippen molar-refractivity contribution in [1.29, 1.82) is 0 Å². The number of amides is 1. The number of fused-ring (bicyclic) bond motifs is 1. The molecule has 37 heavy (non-hydrogen) atoms. The Morgan fingerprint density at radius 3 is 2.11 bits per heavy atom. The summed E-state index contributed by atoms with van der Waals surface area (Å²) in [5.74, 6) is -1.70. The number of halogens is 3. The number of hydrogen-bond donors (Lipinski definition) is 2. The lowest BCUT2D eigenvalue weighted by atomic mass is 10.0. The number of rotatable bonds is 7. The van der Waals surface area contributed by atoms with Crippen molar-refractivity contribution in [3.8, 4) is 11.1 Å². The Bertz CT molecular complexity index is 1450. The normalized spacial score (nSPS) is 14.5. The van der Waals surface area contributed by atoms with Crippen LogP contribution in [0.4, 0.5) is 18.9 Å². The van der Waals surface area contributed by atoms with Crippen LogP contribution < -0.4 is 4.72 Å². The quantitative estimate of drug-likeness (QED) is 0.433. The van der Waals surface area contributed by atoms with Crippen LogP contribution in [0.25, 0.3) is 11.1 Å². The summed E-state index contributed by atoms with van der Waals surface area (Å²) in [4.78, 5) is 25.7. The molecule has 1 unspecified atom stereocenters. The van der Waals surface area contributed by atoms with E-state index in [2.05, 4.69) is 4.72 Å². The van der Waals surface area contributed by atoms with Gasteiger partial charge in [0.2, 0.25) is 0 Å².